The Labute approximate surface area is 200 Å². The van der Waals surface area contributed by atoms with E-state index in [4.69, 9.17) is 4.42 Å². The molecule has 5 rings (SSSR count). The number of fused-ring (bicyclic) bond motifs is 1. The van der Waals surface area contributed by atoms with Crippen molar-refractivity contribution in [1.29, 1.82) is 0 Å². The van der Waals surface area contributed by atoms with Gasteiger partial charge in [0.1, 0.15) is 39.7 Å². The standard InChI is InChI=1S/C29H22O6/c30-22-12-6-4-10-18(22)14-20-27(33)21(15-19-11-5-7-13-23(19)31)29-26(28(20)34)24(32)16-25(35-29)17-8-2-1-3-9-17/h1-13,16,30-31,33-34H,14-15H2. The molecular formula is C29H22O6. The minimum absolute atomic E-state index is 0.000103. The van der Waals surface area contributed by atoms with Crippen LogP contribution in [0.3, 0.4) is 0 Å². The third-order valence-electron chi connectivity index (χ3n) is 6.09. The first-order valence-electron chi connectivity index (χ1n) is 11.1. The molecule has 5 aromatic rings. The molecule has 0 spiro atoms. The fourth-order valence-corrected chi connectivity index (χ4v) is 4.26. The van der Waals surface area contributed by atoms with Gasteiger partial charge in [-0.2, -0.15) is 0 Å². The van der Waals surface area contributed by atoms with Crippen LogP contribution in [0, 0.1) is 0 Å². The Hall–Kier alpha value is -4.71. The molecule has 0 fully saturated rings. The fraction of sp³-hybridized carbons (Fsp3) is 0.0690. The maximum atomic E-state index is 13.2. The molecule has 0 saturated heterocycles. The second kappa shape index (κ2) is 8.91. The molecule has 0 aliphatic rings. The summed E-state index contributed by atoms with van der Waals surface area (Å²) < 4.78 is 6.11. The van der Waals surface area contributed by atoms with Crippen molar-refractivity contribution in [1.82, 2.24) is 0 Å². The van der Waals surface area contributed by atoms with Gasteiger partial charge >= 0.3 is 0 Å². The average Bonchev–Trinajstić information content (AvgIpc) is 2.86. The molecule has 0 unspecified atom stereocenters. The molecular weight excluding hydrogens is 444 g/mol. The molecule has 6 heteroatoms. The van der Waals surface area contributed by atoms with E-state index in [1.165, 1.54) is 18.2 Å². The number of hydrogen-bond donors (Lipinski definition) is 4. The number of para-hydroxylation sites is 2. The molecule has 0 radical (unpaired) electrons. The van der Waals surface area contributed by atoms with Crippen LogP contribution in [-0.2, 0) is 12.8 Å². The lowest BCUT2D eigenvalue weighted by Crippen LogP contribution is -2.06. The number of aromatic hydroxyl groups is 4. The summed E-state index contributed by atoms with van der Waals surface area (Å²) in [6, 6.07) is 23.6. The van der Waals surface area contributed by atoms with Crippen molar-refractivity contribution in [3.63, 3.8) is 0 Å². The number of benzene rings is 4. The van der Waals surface area contributed by atoms with Crippen molar-refractivity contribution in [2.24, 2.45) is 0 Å². The third kappa shape index (κ3) is 4.06. The second-order valence-electron chi connectivity index (χ2n) is 8.31. The zero-order valence-corrected chi connectivity index (χ0v) is 18.6. The van der Waals surface area contributed by atoms with E-state index in [0.717, 1.165) is 0 Å². The molecule has 1 heterocycles. The van der Waals surface area contributed by atoms with Crippen LogP contribution in [0.25, 0.3) is 22.3 Å². The minimum Gasteiger partial charge on any atom is -0.508 e. The van der Waals surface area contributed by atoms with E-state index in [9.17, 15) is 25.2 Å². The molecule has 4 aromatic carbocycles. The van der Waals surface area contributed by atoms with Crippen molar-refractivity contribution in [3.05, 3.63) is 117 Å². The van der Waals surface area contributed by atoms with Gasteiger partial charge in [0, 0.05) is 35.6 Å². The molecule has 0 atom stereocenters. The van der Waals surface area contributed by atoms with E-state index >= 15 is 0 Å². The largest absolute Gasteiger partial charge is 0.508 e. The summed E-state index contributed by atoms with van der Waals surface area (Å²) in [5.41, 5.74) is 1.55. The van der Waals surface area contributed by atoms with E-state index in [-0.39, 0.29) is 57.9 Å². The predicted molar refractivity (Wildman–Crippen MR) is 133 cm³/mol. The molecule has 6 nitrogen and oxygen atoms in total. The molecule has 0 amide bonds. The quantitative estimate of drug-likeness (QED) is 0.274. The van der Waals surface area contributed by atoms with Gasteiger partial charge in [0.25, 0.3) is 0 Å². The Bertz CT molecular complexity index is 1600. The third-order valence-corrected chi connectivity index (χ3v) is 6.09. The molecule has 0 saturated carbocycles. The van der Waals surface area contributed by atoms with Gasteiger partial charge in [-0.3, -0.25) is 4.79 Å². The number of phenols is 4. The zero-order valence-electron chi connectivity index (χ0n) is 18.6. The molecule has 0 aliphatic heterocycles. The SMILES string of the molecule is O=c1cc(-c2ccccc2)oc2c(Cc3ccccc3O)c(O)c(Cc3ccccc3O)c(O)c12. The van der Waals surface area contributed by atoms with Gasteiger partial charge in [-0.25, -0.2) is 0 Å². The van der Waals surface area contributed by atoms with E-state index in [2.05, 4.69) is 0 Å². The molecule has 0 bridgehead atoms. The highest BCUT2D eigenvalue weighted by atomic mass is 16.3. The van der Waals surface area contributed by atoms with Crippen molar-refractivity contribution in [2.75, 3.05) is 0 Å². The van der Waals surface area contributed by atoms with Crippen molar-refractivity contribution in [2.45, 2.75) is 12.8 Å². The minimum atomic E-state index is -0.473. The highest BCUT2D eigenvalue weighted by Gasteiger charge is 2.25. The van der Waals surface area contributed by atoms with Gasteiger partial charge < -0.3 is 24.8 Å². The van der Waals surface area contributed by atoms with Gasteiger partial charge in [-0.15, -0.1) is 0 Å². The van der Waals surface area contributed by atoms with Crippen LogP contribution in [0.2, 0.25) is 0 Å². The Balaban J connectivity index is 1.80. The Morgan fingerprint density at radius 1 is 0.629 bits per heavy atom. The summed E-state index contributed by atoms with van der Waals surface area (Å²) in [5, 5.41) is 43.0. The molecule has 4 N–H and O–H groups in total. The lowest BCUT2D eigenvalue weighted by molar-refractivity contribution is 0.435. The smallest absolute Gasteiger partial charge is 0.197 e. The number of rotatable bonds is 5. The highest BCUT2D eigenvalue weighted by molar-refractivity contribution is 5.91. The van der Waals surface area contributed by atoms with Crippen LogP contribution >= 0.6 is 0 Å². The first-order chi connectivity index (χ1) is 16.9. The molecule has 1 aromatic heterocycles. The average molecular weight is 466 g/mol. The molecule has 174 valence electrons. The van der Waals surface area contributed by atoms with E-state index < -0.39 is 11.2 Å². The monoisotopic (exact) mass is 466 g/mol. The van der Waals surface area contributed by atoms with Gasteiger partial charge in [-0.05, 0) is 23.3 Å². The summed E-state index contributed by atoms with van der Waals surface area (Å²) in [4.78, 5) is 13.2. The van der Waals surface area contributed by atoms with E-state index in [0.29, 0.717) is 16.7 Å². The summed E-state index contributed by atoms with van der Waals surface area (Å²) in [7, 11) is 0. The normalized spacial score (nSPS) is 11.1. The van der Waals surface area contributed by atoms with E-state index in [1.807, 2.05) is 18.2 Å². The predicted octanol–water partition coefficient (Wildman–Crippen LogP) is 5.46. The Morgan fingerprint density at radius 2 is 1.17 bits per heavy atom. The van der Waals surface area contributed by atoms with Crippen molar-refractivity contribution in [3.8, 4) is 34.3 Å². The lowest BCUT2D eigenvalue weighted by Gasteiger charge is -2.17. The zero-order chi connectivity index (χ0) is 24.5. The van der Waals surface area contributed by atoms with Crippen LogP contribution in [0.4, 0.5) is 0 Å². The second-order valence-corrected chi connectivity index (χ2v) is 8.31. The van der Waals surface area contributed by atoms with Crippen LogP contribution in [-0.4, -0.2) is 20.4 Å². The summed E-state index contributed by atoms with van der Waals surface area (Å²) >= 11 is 0. The highest BCUT2D eigenvalue weighted by Crippen LogP contribution is 2.43. The maximum absolute atomic E-state index is 13.2. The summed E-state index contributed by atoms with van der Waals surface area (Å²) in [5.74, 6) is -0.365. The van der Waals surface area contributed by atoms with Gasteiger partial charge in [0.15, 0.2) is 5.43 Å². The van der Waals surface area contributed by atoms with Gasteiger partial charge in [0.2, 0.25) is 0 Å². The molecule has 35 heavy (non-hydrogen) atoms. The van der Waals surface area contributed by atoms with Crippen LogP contribution in [0.5, 0.6) is 23.0 Å². The fourth-order valence-electron chi connectivity index (χ4n) is 4.26. The van der Waals surface area contributed by atoms with Crippen LogP contribution in [0.15, 0.2) is 94.1 Å². The first-order valence-corrected chi connectivity index (χ1v) is 11.1. The molecule has 0 aliphatic carbocycles. The maximum Gasteiger partial charge on any atom is 0.197 e. The van der Waals surface area contributed by atoms with E-state index in [1.54, 1.807) is 48.5 Å². The number of hydrogen-bond acceptors (Lipinski definition) is 6. The first kappa shape index (κ1) is 22.1. The van der Waals surface area contributed by atoms with Crippen LogP contribution < -0.4 is 5.43 Å². The Kier molecular flexibility index (Phi) is 5.63. The van der Waals surface area contributed by atoms with Gasteiger partial charge in [0.05, 0.1) is 0 Å². The van der Waals surface area contributed by atoms with Gasteiger partial charge in [-0.1, -0.05) is 66.7 Å². The lowest BCUT2D eigenvalue weighted by atomic mass is 9.93. The summed E-state index contributed by atoms with van der Waals surface area (Å²) in [6.45, 7) is 0. The number of phenolic OH excluding ortho intramolecular Hbond substituents is 4. The summed E-state index contributed by atoms with van der Waals surface area (Å²) in [6.07, 6.45) is 0.0260. The topological polar surface area (TPSA) is 111 Å². The van der Waals surface area contributed by atoms with Crippen molar-refractivity contribution < 1.29 is 24.8 Å². The van der Waals surface area contributed by atoms with Crippen molar-refractivity contribution >= 4 is 11.0 Å². The van der Waals surface area contributed by atoms with Crippen LogP contribution in [0.1, 0.15) is 22.3 Å². The Morgan fingerprint density at radius 3 is 1.77 bits per heavy atom.